The summed E-state index contributed by atoms with van der Waals surface area (Å²) in [6.45, 7) is 0.580. The van der Waals surface area contributed by atoms with Gasteiger partial charge in [-0.3, -0.25) is 9.59 Å². The Kier molecular flexibility index (Phi) is 8.47. The van der Waals surface area contributed by atoms with Gasteiger partial charge in [0.15, 0.2) is 0 Å². The van der Waals surface area contributed by atoms with Gasteiger partial charge in [-0.15, -0.1) is 0 Å². The number of carbonyl (C=O) groups excluding carboxylic acids is 1. The van der Waals surface area contributed by atoms with Gasteiger partial charge >= 0.3 is 5.97 Å². The first kappa shape index (κ1) is 18.7. The lowest BCUT2D eigenvalue weighted by Gasteiger charge is -2.05. The van der Waals surface area contributed by atoms with Crippen LogP contribution in [0.25, 0.3) is 0 Å². The van der Waals surface area contributed by atoms with Gasteiger partial charge in [0.05, 0.1) is 0 Å². The molecule has 1 rings (SSSR count). The molecule has 122 valence electrons. The number of rotatable bonds is 9. The maximum Gasteiger partial charge on any atom is 0.303 e. The van der Waals surface area contributed by atoms with Crippen molar-refractivity contribution in [2.24, 2.45) is 0 Å². The lowest BCUT2D eigenvalue weighted by atomic mass is 10.2. The third-order valence-electron chi connectivity index (χ3n) is 2.93. The van der Waals surface area contributed by atoms with Crippen LogP contribution in [0.3, 0.4) is 0 Å². The Morgan fingerprint density at radius 1 is 1.22 bits per heavy atom. The molecule has 0 atom stereocenters. The summed E-state index contributed by atoms with van der Waals surface area (Å²) < 4.78 is 0.899. The zero-order chi connectivity index (χ0) is 17.1. The van der Waals surface area contributed by atoms with Gasteiger partial charge in [0.25, 0.3) is 5.91 Å². The molecule has 0 aliphatic rings. The van der Waals surface area contributed by atoms with E-state index < -0.39 is 11.9 Å². The summed E-state index contributed by atoms with van der Waals surface area (Å²) in [5.74, 6) is -1.28. The van der Waals surface area contributed by atoms with Crippen LogP contribution in [-0.4, -0.2) is 23.5 Å². The molecule has 0 bridgehead atoms. The van der Waals surface area contributed by atoms with Crippen molar-refractivity contribution < 1.29 is 14.7 Å². The number of benzene rings is 1. The van der Waals surface area contributed by atoms with Gasteiger partial charge in [0.1, 0.15) is 11.6 Å². The van der Waals surface area contributed by atoms with Gasteiger partial charge < -0.3 is 15.7 Å². The minimum Gasteiger partial charge on any atom is -0.481 e. The molecule has 0 heterocycles. The Morgan fingerprint density at radius 2 is 1.91 bits per heavy atom. The first-order chi connectivity index (χ1) is 11.0. The van der Waals surface area contributed by atoms with E-state index in [9.17, 15) is 9.59 Å². The van der Waals surface area contributed by atoms with Gasteiger partial charge in [0, 0.05) is 29.3 Å². The number of amides is 1. The van der Waals surface area contributed by atoms with Crippen molar-refractivity contribution in [3.05, 3.63) is 40.5 Å². The second-order valence-electron chi connectivity index (χ2n) is 4.79. The minimum atomic E-state index is -0.797. The molecule has 0 spiro atoms. The highest BCUT2D eigenvalue weighted by atomic mass is 79.9. The lowest BCUT2D eigenvalue weighted by Crippen LogP contribution is -2.17. The molecular formula is C16H18BrN3O3. The number of carboxylic acid groups (broad SMARTS) is 1. The van der Waals surface area contributed by atoms with Gasteiger partial charge in [0.2, 0.25) is 0 Å². The van der Waals surface area contributed by atoms with E-state index in [0.29, 0.717) is 18.7 Å². The summed E-state index contributed by atoms with van der Waals surface area (Å²) >= 11 is 3.30. The number of hydrogen-bond acceptors (Lipinski definition) is 4. The van der Waals surface area contributed by atoms with Crippen LogP contribution >= 0.6 is 15.9 Å². The van der Waals surface area contributed by atoms with Gasteiger partial charge in [-0.05, 0) is 37.1 Å². The van der Waals surface area contributed by atoms with Crippen molar-refractivity contribution in [2.75, 3.05) is 11.9 Å². The average molecular weight is 380 g/mol. The fourth-order valence-electron chi connectivity index (χ4n) is 1.73. The number of carbonyl (C=O) groups is 2. The maximum atomic E-state index is 12.0. The maximum absolute atomic E-state index is 12.0. The molecule has 0 fully saturated rings. The van der Waals surface area contributed by atoms with E-state index in [-0.39, 0.29) is 12.0 Å². The van der Waals surface area contributed by atoms with Crippen LogP contribution in [0, 0.1) is 11.3 Å². The summed E-state index contributed by atoms with van der Waals surface area (Å²) in [6.07, 6.45) is 3.72. The topological polar surface area (TPSA) is 102 Å². The highest BCUT2D eigenvalue weighted by molar-refractivity contribution is 9.10. The molecule has 6 nitrogen and oxygen atoms in total. The van der Waals surface area contributed by atoms with Crippen LogP contribution in [0.2, 0.25) is 0 Å². The van der Waals surface area contributed by atoms with Gasteiger partial charge in [-0.1, -0.05) is 22.4 Å². The third kappa shape index (κ3) is 8.02. The number of aliphatic carboxylic acids is 1. The van der Waals surface area contributed by atoms with Crippen molar-refractivity contribution in [3.63, 3.8) is 0 Å². The average Bonchev–Trinajstić information content (AvgIpc) is 2.52. The Bertz CT molecular complexity index is 606. The van der Waals surface area contributed by atoms with E-state index in [4.69, 9.17) is 10.4 Å². The molecule has 0 aliphatic carbocycles. The number of unbranched alkanes of at least 4 members (excludes halogenated alkanes) is 2. The van der Waals surface area contributed by atoms with E-state index in [1.165, 1.54) is 6.20 Å². The van der Waals surface area contributed by atoms with Crippen molar-refractivity contribution in [3.8, 4) is 6.07 Å². The molecule has 3 N–H and O–H groups in total. The fraction of sp³-hybridized carbons (Fsp3) is 0.312. The molecule has 7 heteroatoms. The number of carboxylic acids is 1. The molecule has 23 heavy (non-hydrogen) atoms. The zero-order valence-electron chi connectivity index (χ0n) is 12.5. The van der Waals surface area contributed by atoms with Crippen molar-refractivity contribution in [1.29, 1.82) is 5.26 Å². The number of hydrogen-bond donors (Lipinski definition) is 3. The zero-order valence-corrected chi connectivity index (χ0v) is 14.1. The molecule has 0 aromatic heterocycles. The number of nitrogens with zero attached hydrogens (tertiary/aromatic N) is 1. The first-order valence-corrected chi connectivity index (χ1v) is 7.94. The predicted octanol–water partition coefficient (Wildman–Crippen LogP) is 3.03. The van der Waals surface area contributed by atoms with Crippen LogP contribution in [-0.2, 0) is 9.59 Å². The third-order valence-corrected chi connectivity index (χ3v) is 3.45. The van der Waals surface area contributed by atoms with E-state index in [1.807, 2.05) is 6.07 Å². The van der Waals surface area contributed by atoms with Crippen LogP contribution in [0.4, 0.5) is 5.69 Å². The minimum absolute atomic E-state index is 0.0153. The Labute approximate surface area is 143 Å². The van der Waals surface area contributed by atoms with E-state index in [2.05, 4.69) is 26.6 Å². The fourth-order valence-corrected chi connectivity index (χ4v) is 2.00. The molecule has 1 aromatic carbocycles. The molecule has 0 saturated carbocycles. The van der Waals surface area contributed by atoms with Crippen LogP contribution in [0.15, 0.2) is 40.5 Å². The summed E-state index contributed by atoms with van der Waals surface area (Å²) in [5.41, 5.74) is 0.589. The first-order valence-electron chi connectivity index (χ1n) is 7.15. The molecular weight excluding hydrogens is 362 g/mol. The molecule has 1 amide bonds. The van der Waals surface area contributed by atoms with E-state index in [1.54, 1.807) is 24.3 Å². The van der Waals surface area contributed by atoms with Crippen molar-refractivity contribution in [2.45, 2.75) is 25.7 Å². The molecule has 0 unspecified atom stereocenters. The van der Waals surface area contributed by atoms with Gasteiger partial charge in [-0.25, -0.2) is 0 Å². The number of halogens is 1. The molecule has 1 aromatic rings. The molecule has 0 radical (unpaired) electrons. The van der Waals surface area contributed by atoms with Crippen molar-refractivity contribution in [1.82, 2.24) is 5.32 Å². The van der Waals surface area contributed by atoms with Crippen LogP contribution in [0.1, 0.15) is 25.7 Å². The quantitative estimate of drug-likeness (QED) is 0.347. The number of anilines is 1. The lowest BCUT2D eigenvalue weighted by molar-refractivity contribution is -0.137. The van der Waals surface area contributed by atoms with E-state index in [0.717, 1.165) is 17.3 Å². The Morgan fingerprint density at radius 3 is 2.52 bits per heavy atom. The standard InChI is InChI=1S/C16H18BrN3O3/c17-13-5-7-14(8-6-13)20-16(23)12(10-18)11-19-9-3-1-2-4-15(21)22/h5-8,11,19H,1-4,9H2,(H,20,23)(H,21,22)/b12-11-. The van der Waals surface area contributed by atoms with Crippen LogP contribution < -0.4 is 10.6 Å². The molecule has 0 saturated heterocycles. The summed E-state index contributed by atoms with van der Waals surface area (Å²) in [6, 6.07) is 8.89. The Balaban J connectivity index is 2.36. The highest BCUT2D eigenvalue weighted by Crippen LogP contribution is 2.14. The Hall–Kier alpha value is -2.33. The summed E-state index contributed by atoms with van der Waals surface area (Å²) in [5, 5.41) is 23.1. The largest absolute Gasteiger partial charge is 0.481 e. The van der Waals surface area contributed by atoms with Crippen molar-refractivity contribution >= 4 is 33.5 Å². The number of nitrogens with one attached hydrogen (secondary N) is 2. The summed E-state index contributed by atoms with van der Waals surface area (Å²) in [4.78, 5) is 22.3. The predicted molar refractivity (Wildman–Crippen MR) is 90.6 cm³/mol. The number of nitriles is 1. The summed E-state index contributed by atoms with van der Waals surface area (Å²) in [7, 11) is 0. The molecule has 0 aliphatic heterocycles. The smallest absolute Gasteiger partial charge is 0.303 e. The highest BCUT2D eigenvalue weighted by Gasteiger charge is 2.08. The second-order valence-corrected chi connectivity index (χ2v) is 5.71. The normalized spacial score (nSPS) is 10.7. The second kappa shape index (κ2) is 10.4. The van der Waals surface area contributed by atoms with Gasteiger partial charge in [-0.2, -0.15) is 5.26 Å². The monoisotopic (exact) mass is 379 g/mol. The SMILES string of the molecule is N#C/C(=C/NCCCCCC(=O)O)C(=O)Nc1ccc(Br)cc1. The van der Waals surface area contributed by atoms with E-state index >= 15 is 0 Å². The van der Waals surface area contributed by atoms with Crippen LogP contribution in [0.5, 0.6) is 0 Å².